The van der Waals surface area contributed by atoms with Crippen LogP contribution in [0.25, 0.3) is 0 Å². The fraction of sp³-hybridized carbons (Fsp3) is 0.200. The average Bonchev–Trinajstić information content (AvgIpc) is 2.38. The summed E-state index contributed by atoms with van der Waals surface area (Å²) in [7, 11) is 1.66. The molecule has 0 spiro atoms. The van der Waals surface area contributed by atoms with Crippen LogP contribution in [-0.4, -0.2) is 13.7 Å². The van der Waals surface area contributed by atoms with Crippen molar-refractivity contribution in [2.24, 2.45) is 5.92 Å². The molecule has 0 amide bonds. The molecule has 1 aromatic carbocycles. The summed E-state index contributed by atoms with van der Waals surface area (Å²) in [6, 6.07) is 9.80. The summed E-state index contributed by atoms with van der Waals surface area (Å²) < 4.78 is 10.8. The minimum atomic E-state index is 0.217. The van der Waals surface area contributed by atoms with Crippen molar-refractivity contribution in [2.75, 3.05) is 13.7 Å². The third-order valence-corrected chi connectivity index (χ3v) is 2.71. The molecule has 0 radical (unpaired) electrons. The Morgan fingerprint density at radius 1 is 1.24 bits per heavy atom. The molecule has 1 atom stereocenters. The summed E-state index contributed by atoms with van der Waals surface area (Å²) in [6.07, 6.45) is 5.96. The lowest BCUT2D eigenvalue weighted by atomic mass is 9.96. The minimum Gasteiger partial charge on any atom is -0.497 e. The van der Waals surface area contributed by atoms with Gasteiger partial charge >= 0.3 is 0 Å². The van der Waals surface area contributed by atoms with E-state index in [-0.39, 0.29) is 5.92 Å². The van der Waals surface area contributed by atoms with Crippen molar-refractivity contribution in [1.29, 1.82) is 0 Å². The van der Waals surface area contributed by atoms with Gasteiger partial charge in [0.1, 0.15) is 11.5 Å². The van der Waals surface area contributed by atoms with E-state index in [0.717, 1.165) is 17.1 Å². The third kappa shape index (κ3) is 3.00. The second-order valence-corrected chi connectivity index (χ2v) is 3.92. The summed E-state index contributed by atoms with van der Waals surface area (Å²) >= 11 is 0. The Morgan fingerprint density at radius 3 is 2.65 bits per heavy atom. The Morgan fingerprint density at radius 2 is 2.00 bits per heavy atom. The van der Waals surface area contributed by atoms with Crippen molar-refractivity contribution in [3.8, 4) is 5.75 Å². The fourth-order valence-corrected chi connectivity index (χ4v) is 1.66. The molecule has 1 aromatic rings. The zero-order valence-electron chi connectivity index (χ0n) is 9.93. The molecule has 1 aliphatic carbocycles. The normalized spacial score (nSPS) is 18.8. The predicted molar refractivity (Wildman–Crippen MR) is 68.8 cm³/mol. The standard InChI is InChI=1S/C15H16O2/c1-12-10-15(16-2)9-8-13(12)11-17-14-6-4-3-5-7-14/h3-10,13H,1,11H2,2H3. The lowest BCUT2D eigenvalue weighted by Crippen LogP contribution is -2.13. The van der Waals surface area contributed by atoms with Gasteiger partial charge in [-0.05, 0) is 29.9 Å². The summed E-state index contributed by atoms with van der Waals surface area (Å²) in [5.74, 6) is 1.94. The number of benzene rings is 1. The van der Waals surface area contributed by atoms with Gasteiger partial charge in [0, 0.05) is 5.92 Å². The van der Waals surface area contributed by atoms with Crippen LogP contribution in [0.2, 0.25) is 0 Å². The van der Waals surface area contributed by atoms with Gasteiger partial charge in [0.2, 0.25) is 0 Å². The van der Waals surface area contributed by atoms with E-state index in [1.165, 1.54) is 0 Å². The maximum atomic E-state index is 5.70. The topological polar surface area (TPSA) is 18.5 Å². The molecule has 0 fully saturated rings. The van der Waals surface area contributed by atoms with Gasteiger partial charge in [-0.15, -0.1) is 0 Å². The molecule has 17 heavy (non-hydrogen) atoms. The molecule has 0 heterocycles. The summed E-state index contributed by atoms with van der Waals surface area (Å²) in [6.45, 7) is 4.62. The van der Waals surface area contributed by atoms with E-state index in [4.69, 9.17) is 9.47 Å². The second-order valence-electron chi connectivity index (χ2n) is 3.92. The Labute approximate surface area is 102 Å². The van der Waals surface area contributed by atoms with Crippen LogP contribution in [0.5, 0.6) is 5.75 Å². The first-order valence-electron chi connectivity index (χ1n) is 5.60. The van der Waals surface area contributed by atoms with E-state index in [1.807, 2.05) is 42.5 Å². The Hall–Kier alpha value is -1.96. The van der Waals surface area contributed by atoms with Gasteiger partial charge in [-0.25, -0.2) is 0 Å². The Bertz CT molecular complexity index is 443. The van der Waals surface area contributed by atoms with Crippen molar-refractivity contribution in [3.63, 3.8) is 0 Å². The van der Waals surface area contributed by atoms with Crippen molar-refractivity contribution >= 4 is 0 Å². The molecular weight excluding hydrogens is 212 g/mol. The molecule has 0 bridgehead atoms. The van der Waals surface area contributed by atoms with Crippen molar-refractivity contribution in [3.05, 3.63) is 66.5 Å². The first kappa shape index (κ1) is 11.5. The number of ether oxygens (including phenoxy) is 2. The number of rotatable bonds is 4. The van der Waals surface area contributed by atoms with Crippen LogP contribution in [-0.2, 0) is 4.74 Å². The highest BCUT2D eigenvalue weighted by molar-refractivity contribution is 5.35. The lowest BCUT2D eigenvalue weighted by Gasteiger charge is -2.18. The molecule has 0 saturated carbocycles. The fourth-order valence-electron chi connectivity index (χ4n) is 1.66. The summed E-state index contributed by atoms with van der Waals surface area (Å²) in [5.41, 5.74) is 1.01. The molecule has 2 nitrogen and oxygen atoms in total. The molecule has 2 rings (SSSR count). The van der Waals surface area contributed by atoms with Crippen molar-refractivity contribution < 1.29 is 9.47 Å². The van der Waals surface area contributed by atoms with Gasteiger partial charge in [0.05, 0.1) is 13.7 Å². The molecule has 2 heteroatoms. The first-order valence-corrected chi connectivity index (χ1v) is 5.60. The highest BCUT2D eigenvalue weighted by Crippen LogP contribution is 2.22. The van der Waals surface area contributed by atoms with E-state index in [0.29, 0.717) is 6.61 Å². The number of hydrogen-bond donors (Lipinski definition) is 0. The van der Waals surface area contributed by atoms with Crippen molar-refractivity contribution in [2.45, 2.75) is 0 Å². The average molecular weight is 228 g/mol. The molecule has 1 unspecified atom stereocenters. The summed E-state index contributed by atoms with van der Waals surface area (Å²) in [4.78, 5) is 0. The van der Waals surface area contributed by atoms with Gasteiger partial charge in [-0.2, -0.15) is 0 Å². The molecule has 1 aliphatic rings. The van der Waals surface area contributed by atoms with Gasteiger partial charge in [0.15, 0.2) is 0 Å². The molecular formula is C15H16O2. The van der Waals surface area contributed by atoms with Crippen LogP contribution in [0.1, 0.15) is 0 Å². The number of methoxy groups -OCH3 is 1. The predicted octanol–water partition coefficient (Wildman–Crippen LogP) is 3.34. The quantitative estimate of drug-likeness (QED) is 0.787. The van der Waals surface area contributed by atoms with Gasteiger partial charge in [0.25, 0.3) is 0 Å². The summed E-state index contributed by atoms with van der Waals surface area (Å²) in [5, 5.41) is 0. The van der Waals surface area contributed by atoms with Crippen LogP contribution >= 0.6 is 0 Å². The largest absolute Gasteiger partial charge is 0.497 e. The van der Waals surface area contributed by atoms with Gasteiger partial charge in [-0.1, -0.05) is 30.9 Å². The van der Waals surface area contributed by atoms with Gasteiger partial charge in [-0.3, -0.25) is 0 Å². The van der Waals surface area contributed by atoms with E-state index >= 15 is 0 Å². The number of hydrogen-bond acceptors (Lipinski definition) is 2. The lowest BCUT2D eigenvalue weighted by molar-refractivity contribution is 0.283. The van der Waals surface area contributed by atoms with Crippen LogP contribution in [0, 0.1) is 5.92 Å². The molecule has 0 saturated heterocycles. The van der Waals surface area contributed by atoms with E-state index in [2.05, 4.69) is 12.7 Å². The first-order chi connectivity index (χ1) is 8.29. The van der Waals surface area contributed by atoms with E-state index in [9.17, 15) is 0 Å². The van der Waals surface area contributed by atoms with Crippen LogP contribution in [0.15, 0.2) is 66.5 Å². The highest BCUT2D eigenvalue weighted by atomic mass is 16.5. The van der Waals surface area contributed by atoms with Crippen molar-refractivity contribution in [1.82, 2.24) is 0 Å². The highest BCUT2D eigenvalue weighted by Gasteiger charge is 2.13. The SMILES string of the molecule is C=C1C=C(OC)C=CC1COc1ccccc1. The zero-order chi connectivity index (χ0) is 12.1. The van der Waals surface area contributed by atoms with E-state index in [1.54, 1.807) is 7.11 Å². The molecule has 0 aliphatic heterocycles. The van der Waals surface area contributed by atoms with Crippen LogP contribution in [0.4, 0.5) is 0 Å². The van der Waals surface area contributed by atoms with Crippen LogP contribution < -0.4 is 4.74 Å². The number of allylic oxidation sites excluding steroid dienone is 2. The molecule has 88 valence electrons. The Kier molecular flexibility index (Phi) is 3.66. The smallest absolute Gasteiger partial charge is 0.119 e. The molecule has 0 aromatic heterocycles. The monoisotopic (exact) mass is 228 g/mol. The van der Waals surface area contributed by atoms with Crippen LogP contribution in [0.3, 0.4) is 0 Å². The molecule has 0 N–H and O–H groups in total. The maximum Gasteiger partial charge on any atom is 0.119 e. The minimum absolute atomic E-state index is 0.217. The second kappa shape index (κ2) is 5.39. The Balaban J connectivity index is 1.92. The van der Waals surface area contributed by atoms with E-state index < -0.39 is 0 Å². The third-order valence-electron chi connectivity index (χ3n) is 2.71. The zero-order valence-corrected chi connectivity index (χ0v) is 9.93. The maximum absolute atomic E-state index is 5.70. The number of para-hydroxylation sites is 1. The van der Waals surface area contributed by atoms with Gasteiger partial charge < -0.3 is 9.47 Å².